The Bertz CT molecular complexity index is 222. The van der Waals surface area contributed by atoms with E-state index in [1.807, 2.05) is 0 Å². The maximum Gasteiger partial charge on any atom is 0.166 e. The summed E-state index contributed by atoms with van der Waals surface area (Å²) in [7, 11) is 0. The van der Waals surface area contributed by atoms with Crippen LogP contribution in [0.3, 0.4) is 0 Å². The average Bonchev–Trinajstić information content (AvgIpc) is 3.13. The predicted octanol–water partition coefficient (Wildman–Crippen LogP) is 2.69. The van der Waals surface area contributed by atoms with Gasteiger partial charge in [0.25, 0.3) is 0 Å². The predicted molar refractivity (Wildman–Crippen MR) is 72.4 cm³/mol. The molecule has 0 unspecified atom stereocenters. The Kier molecular flexibility index (Phi) is 4.45. The van der Waals surface area contributed by atoms with E-state index in [1.165, 1.54) is 38.5 Å². The molecule has 0 aromatic rings. The van der Waals surface area contributed by atoms with E-state index < -0.39 is 0 Å². The van der Waals surface area contributed by atoms with Gasteiger partial charge in [-0.2, -0.15) is 0 Å². The molecule has 2 rings (SSSR count). The average molecular weight is 240 g/mol. The van der Waals surface area contributed by atoms with Crippen molar-refractivity contribution in [2.75, 3.05) is 13.1 Å². The zero-order valence-corrected chi connectivity index (χ0v) is 11.1. The number of hydrogen-bond donors (Lipinski definition) is 2. The molecule has 0 saturated heterocycles. The second-order valence-electron chi connectivity index (χ2n) is 5.33. The highest BCUT2D eigenvalue weighted by molar-refractivity contribution is 7.80. The third-order valence-electron chi connectivity index (χ3n) is 3.77. The maximum atomic E-state index is 5.28. The van der Waals surface area contributed by atoms with Gasteiger partial charge in [0.2, 0.25) is 0 Å². The highest BCUT2D eigenvalue weighted by Gasteiger charge is 2.41. The Hall–Kier alpha value is -0.310. The molecule has 2 fully saturated rings. The summed E-state index contributed by atoms with van der Waals surface area (Å²) in [6.07, 6.45) is 8.26. The van der Waals surface area contributed by atoms with Crippen LogP contribution in [0.4, 0.5) is 0 Å². The first-order chi connectivity index (χ1) is 7.81. The van der Waals surface area contributed by atoms with E-state index >= 15 is 0 Å². The molecule has 2 aliphatic carbocycles. The van der Waals surface area contributed by atoms with E-state index in [-0.39, 0.29) is 0 Å². The van der Waals surface area contributed by atoms with E-state index in [0.717, 1.165) is 36.0 Å². The van der Waals surface area contributed by atoms with E-state index in [2.05, 4.69) is 17.6 Å². The number of rotatable bonds is 7. The topological polar surface area (TPSA) is 24.1 Å². The molecule has 2 saturated carbocycles. The fourth-order valence-electron chi connectivity index (χ4n) is 2.42. The molecule has 0 amide bonds. The minimum absolute atomic E-state index is 0.861. The van der Waals surface area contributed by atoms with Crippen LogP contribution in [0.2, 0.25) is 0 Å². The second-order valence-corrected chi connectivity index (χ2v) is 5.74. The van der Waals surface area contributed by atoms with Crippen molar-refractivity contribution in [1.29, 1.82) is 0 Å². The highest BCUT2D eigenvalue weighted by atomic mass is 32.1. The number of unbranched alkanes of at least 4 members (excludes halogenated alkanes) is 1. The van der Waals surface area contributed by atoms with Crippen molar-refractivity contribution in [2.24, 2.45) is 17.8 Å². The summed E-state index contributed by atoms with van der Waals surface area (Å²) in [5, 5.41) is 7.54. The standard InChI is InChI=1S/C13H24N2S/c1-2-3-8-14-13(16)15-9-12(10-4-5-10)11-6-7-11/h10-12H,2-9H2,1H3,(H2,14,15,16). The van der Waals surface area contributed by atoms with E-state index in [0.29, 0.717) is 0 Å². The van der Waals surface area contributed by atoms with Crippen molar-refractivity contribution in [1.82, 2.24) is 10.6 Å². The Morgan fingerprint density at radius 2 is 1.81 bits per heavy atom. The summed E-state index contributed by atoms with van der Waals surface area (Å²) in [6, 6.07) is 0. The zero-order chi connectivity index (χ0) is 11.4. The normalized spacial score (nSPS) is 19.9. The van der Waals surface area contributed by atoms with Crippen LogP contribution >= 0.6 is 12.2 Å². The third-order valence-corrected chi connectivity index (χ3v) is 4.06. The first-order valence-electron chi connectivity index (χ1n) is 6.83. The van der Waals surface area contributed by atoms with Crippen LogP contribution < -0.4 is 10.6 Å². The van der Waals surface area contributed by atoms with Crippen molar-refractivity contribution >= 4 is 17.3 Å². The second kappa shape index (κ2) is 5.85. The van der Waals surface area contributed by atoms with Crippen LogP contribution in [-0.2, 0) is 0 Å². The molecule has 0 atom stereocenters. The van der Waals surface area contributed by atoms with Crippen LogP contribution in [0.25, 0.3) is 0 Å². The molecule has 92 valence electrons. The lowest BCUT2D eigenvalue weighted by Crippen LogP contribution is -2.39. The van der Waals surface area contributed by atoms with Gasteiger partial charge in [0.1, 0.15) is 0 Å². The van der Waals surface area contributed by atoms with Crippen LogP contribution in [0.15, 0.2) is 0 Å². The Morgan fingerprint density at radius 3 is 2.31 bits per heavy atom. The van der Waals surface area contributed by atoms with E-state index in [4.69, 9.17) is 12.2 Å². The van der Waals surface area contributed by atoms with Crippen molar-refractivity contribution in [3.8, 4) is 0 Å². The number of thiocarbonyl (C=S) groups is 1. The lowest BCUT2D eigenvalue weighted by molar-refractivity contribution is 0.401. The number of hydrogen-bond acceptors (Lipinski definition) is 1. The summed E-state index contributed by atoms with van der Waals surface area (Å²) in [4.78, 5) is 0. The first kappa shape index (κ1) is 12.2. The van der Waals surface area contributed by atoms with Gasteiger partial charge in [0.05, 0.1) is 0 Å². The minimum Gasteiger partial charge on any atom is -0.363 e. The Labute approximate surface area is 105 Å². The van der Waals surface area contributed by atoms with Gasteiger partial charge in [0.15, 0.2) is 5.11 Å². The summed E-state index contributed by atoms with van der Waals surface area (Å²) >= 11 is 5.28. The van der Waals surface area contributed by atoms with E-state index in [1.54, 1.807) is 0 Å². The van der Waals surface area contributed by atoms with Crippen LogP contribution in [-0.4, -0.2) is 18.2 Å². The quantitative estimate of drug-likeness (QED) is 0.528. The summed E-state index contributed by atoms with van der Waals surface area (Å²) in [5.41, 5.74) is 0. The zero-order valence-electron chi connectivity index (χ0n) is 10.3. The third kappa shape index (κ3) is 3.93. The summed E-state index contributed by atoms with van der Waals surface area (Å²) in [6.45, 7) is 4.32. The van der Waals surface area contributed by atoms with Gasteiger partial charge in [-0.1, -0.05) is 13.3 Å². The van der Waals surface area contributed by atoms with Crippen LogP contribution in [0, 0.1) is 17.8 Å². The van der Waals surface area contributed by atoms with Gasteiger partial charge in [0, 0.05) is 13.1 Å². The molecule has 0 heterocycles. The van der Waals surface area contributed by atoms with Crippen molar-refractivity contribution < 1.29 is 0 Å². The molecule has 2 aliphatic rings. The summed E-state index contributed by atoms with van der Waals surface area (Å²) in [5.74, 6) is 2.93. The van der Waals surface area contributed by atoms with Gasteiger partial charge >= 0.3 is 0 Å². The molecule has 2 nitrogen and oxygen atoms in total. The van der Waals surface area contributed by atoms with Gasteiger partial charge in [-0.15, -0.1) is 0 Å². The minimum atomic E-state index is 0.861. The molecule has 2 N–H and O–H groups in total. The fourth-order valence-corrected chi connectivity index (χ4v) is 2.60. The first-order valence-corrected chi connectivity index (χ1v) is 7.23. The monoisotopic (exact) mass is 240 g/mol. The summed E-state index contributed by atoms with van der Waals surface area (Å²) < 4.78 is 0. The van der Waals surface area contributed by atoms with E-state index in [9.17, 15) is 0 Å². The van der Waals surface area contributed by atoms with Crippen molar-refractivity contribution in [3.63, 3.8) is 0 Å². The van der Waals surface area contributed by atoms with Gasteiger partial charge in [-0.25, -0.2) is 0 Å². The SMILES string of the molecule is CCCCNC(=S)NCC(C1CC1)C1CC1. The molecule has 0 aromatic carbocycles. The largest absolute Gasteiger partial charge is 0.363 e. The van der Waals surface area contributed by atoms with Gasteiger partial charge in [-0.3, -0.25) is 0 Å². The van der Waals surface area contributed by atoms with Crippen molar-refractivity contribution in [2.45, 2.75) is 45.4 Å². The lowest BCUT2D eigenvalue weighted by atomic mass is 9.98. The molecular formula is C13H24N2S. The molecule has 0 bridgehead atoms. The molecule has 0 aromatic heterocycles. The Morgan fingerprint density at radius 1 is 1.19 bits per heavy atom. The van der Waals surface area contributed by atoms with Gasteiger partial charge in [-0.05, 0) is 62.1 Å². The maximum absolute atomic E-state index is 5.28. The number of nitrogens with one attached hydrogen (secondary N) is 2. The van der Waals surface area contributed by atoms with Gasteiger partial charge < -0.3 is 10.6 Å². The molecule has 0 aliphatic heterocycles. The molecular weight excluding hydrogens is 216 g/mol. The Balaban J connectivity index is 1.59. The smallest absolute Gasteiger partial charge is 0.166 e. The molecule has 16 heavy (non-hydrogen) atoms. The van der Waals surface area contributed by atoms with Crippen LogP contribution in [0.5, 0.6) is 0 Å². The van der Waals surface area contributed by atoms with Crippen LogP contribution in [0.1, 0.15) is 45.4 Å². The fraction of sp³-hybridized carbons (Fsp3) is 0.923. The highest BCUT2D eigenvalue weighted by Crippen LogP contribution is 2.48. The lowest BCUT2D eigenvalue weighted by Gasteiger charge is -2.18. The molecule has 0 spiro atoms. The molecule has 0 radical (unpaired) electrons. The molecule has 3 heteroatoms. The van der Waals surface area contributed by atoms with Crippen molar-refractivity contribution in [3.05, 3.63) is 0 Å².